The van der Waals surface area contributed by atoms with Gasteiger partial charge in [0.25, 0.3) is 11.8 Å². The van der Waals surface area contributed by atoms with E-state index in [4.69, 9.17) is 9.47 Å². The predicted molar refractivity (Wildman–Crippen MR) is 104 cm³/mol. The molecule has 2 aromatic rings. The van der Waals surface area contributed by atoms with Crippen LogP contribution in [0.15, 0.2) is 42.2 Å². The first-order chi connectivity index (χ1) is 14.1. The molecular weight excluding hydrogens is 374 g/mol. The smallest absolute Gasteiger partial charge is 0.335 e. The fourth-order valence-electron chi connectivity index (χ4n) is 4.03. The highest BCUT2D eigenvalue weighted by molar-refractivity contribution is 6.39. The molecule has 8 nitrogen and oxygen atoms in total. The number of carbonyl (C=O) groups is 3. The van der Waals surface area contributed by atoms with Crippen LogP contribution in [0.1, 0.15) is 37.3 Å². The number of ether oxygens (including phenoxy) is 2. The van der Waals surface area contributed by atoms with Gasteiger partial charge in [0.15, 0.2) is 11.5 Å². The topological polar surface area (TPSA) is 89.9 Å². The van der Waals surface area contributed by atoms with E-state index in [1.54, 1.807) is 18.2 Å². The second kappa shape index (κ2) is 6.80. The number of nitrogens with one attached hydrogen (secondary N) is 1. The standard InChI is InChI=1S/C21H19N3O5/c25-19-16(9-13-7-8-23(11-13)14-3-1-2-4-14)20(26)24(21(27)22-19)15-5-6-17-18(10-15)29-12-28-17/h5-11,14H,1-4,12H2,(H,22,25,27)/b16-9-. The van der Waals surface area contributed by atoms with Crippen LogP contribution < -0.4 is 19.7 Å². The minimum Gasteiger partial charge on any atom is -0.454 e. The maximum atomic E-state index is 13.0. The quantitative estimate of drug-likeness (QED) is 0.640. The number of hydrogen-bond acceptors (Lipinski definition) is 5. The SMILES string of the molecule is O=C1NC(=O)N(c2ccc3c(c2)OCO3)C(=O)/C1=C\c1ccn(C2CCCC2)c1. The minimum atomic E-state index is -0.792. The van der Waals surface area contributed by atoms with Crippen molar-refractivity contribution in [3.8, 4) is 11.5 Å². The average Bonchev–Trinajstić information content (AvgIpc) is 3.45. The third-order valence-corrected chi connectivity index (χ3v) is 5.51. The number of carbonyl (C=O) groups excluding carboxylic acids is 3. The van der Waals surface area contributed by atoms with Crippen molar-refractivity contribution in [3.63, 3.8) is 0 Å². The average molecular weight is 393 g/mol. The van der Waals surface area contributed by atoms with E-state index in [-0.39, 0.29) is 12.4 Å². The van der Waals surface area contributed by atoms with Crippen molar-refractivity contribution in [1.82, 2.24) is 9.88 Å². The van der Waals surface area contributed by atoms with Crippen LogP contribution in [0.3, 0.4) is 0 Å². The second-order valence-electron chi connectivity index (χ2n) is 7.33. The number of fused-ring (bicyclic) bond motifs is 1. The normalized spacial score (nSPS) is 20.6. The van der Waals surface area contributed by atoms with Gasteiger partial charge in [-0.25, -0.2) is 9.69 Å². The summed E-state index contributed by atoms with van der Waals surface area (Å²) in [6.07, 6.45) is 10.1. The summed E-state index contributed by atoms with van der Waals surface area (Å²) in [7, 11) is 0. The van der Waals surface area contributed by atoms with E-state index in [1.165, 1.54) is 18.9 Å². The van der Waals surface area contributed by atoms with Gasteiger partial charge in [-0.15, -0.1) is 0 Å². The third kappa shape index (κ3) is 3.06. The molecule has 0 spiro atoms. The lowest BCUT2D eigenvalue weighted by Crippen LogP contribution is -2.54. The molecule has 1 saturated carbocycles. The second-order valence-corrected chi connectivity index (χ2v) is 7.33. The molecule has 2 aliphatic heterocycles. The van der Waals surface area contributed by atoms with Gasteiger partial charge in [-0.05, 0) is 42.7 Å². The number of hydrogen-bond donors (Lipinski definition) is 1. The van der Waals surface area contributed by atoms with Gasteiger partial charge in [-0.2, -0.15) is 0 Å². The van der Waals surface area contributed by atoms with Crippen LogP contribution in [0.25, 0.3) is 6.08 Å². The maximum Gasteiger partial charge on any atom is 0.335 e. The summed E-state index contributed by atoms with van der Waals surface area (Å²) in [4.78, 5) is 38.7. The van der Waals surface area contributed by atoms with Gasteiger partial charge < -0.3 is 14.0 Å². The minimum absolute atomic E-state index is 0.0839. The molecule has 0 atom stereocenters. The Balaban J connectivity index is 1.45. The van der Waals surface area contributed by atoms with Crippen molar-refractivity contribution >= 4 is 29.6 Å². The van der Waals surface area contributed by atoms with Crippen LogP contribution in [0.2, 0.25) is 0 Å². The van der Waals surface area contributed by atoms with Crippen LogP contribution in [-0.2, 0) is 9.59 Å². The van der Waals surface area contributed by atoms with Crippen LogP contribution >= 0.6 is 0 Å². The lowest BCUT2D eigenvalue weighted by molar-refractivity contribution is -0.122. The summed E-state index contributed by atoms with van der Waals surface area (Å²) >= 11 is 0. The molecule has 3 aliphatic rings. The zero-order valence-corrected chi connectivity index (χ0v) is 15.6. The molecular formula is C21H19N3O5. The highest BCUT2D eigenvalue weighted by Gasteiger charge is 2.37. The Morgan fingerprint density at radius 2 is 1.83 bits per heavy atom. The molecule has 29 heavy (non-hydrogen) atoms. The molecule has 0 bridgehead atoms. The first-order valence-electron chi connectivity index (χ1n) is 9.59. The Morgan fingerprint density at radius 1 is 1.03 bits per heavy atom. The van der Waals surface area contributed by atoms with E-state index in [1.807, 2.05) is 18.5 Å². The molecule has 1 aromatic heterocycles. The van der Waals surface area contributed by atoms with E-state index in [0.29, 0.717) is 23.2 Å². The lowest BCUT2D eigenvalue weighted by atomic mass is 10.1. The molecule has 0 unspecified atom stereocenters. The molecule has 4 amide bonds. The Bertz CT molecular complexity index is 1050. The van der Waals surface area contributed by atoms with E-state index < -0.39 is 17.8 Å². The van der Waals surface area contributed by atoms with Gasteiger partial charge in [0.1, 0.15) is 5.57 Å². The van der Waals surface area contributed by atoms with Crippen LogP contribution in [-0.4, -0.2) is 29.2 Å². The van der Waals surface area contributed by atoms with Crippen LogP contribution in [0, 0.1) is 0 Å². The summed E-state index contributed by atoms with van der Waals surface area (Å²) in [5.74, 6) is -0.394. The summed E-state index contributed by atoms with van der Waals surface area (Å²) in [5.41, 5.74) is 0.959. The predicted octanol–water partition coefficient (Wildman–Crippen LogP) is 3.00. The third-order valence-electron chi connectivity index (χ3n) is 5.51. The van der Waals surface area contributed by atoms with Crippen molar-refractivity contribution < 1.29 is 23.9 Å². The zero-order chi connectivity index (χ0) is 20.0. The molecule has 1 N–H and O–H groups in total. The first kappa shape index (κ1) is 17.5. The van der Waals surface area contributed by atoms with Gasteiger partial charge in [0, 0.05) is 24.5 Å². The molecule has 2 fully saturated rings. The van der Waals surface area contributed by atoms with Gasteiger partial charge in [0.05, 0.1) is 5.69 Å². The molecule has 3 heterocycles. The Labute approximate surface area is 166 Å². The Kier molecular flexibility index (Phi) is 4.12. The van der Waals surface area contributed by atoms with Gasteiger partial charge in [-0.3, -0.25) is 14.9 Å². The fraction of sp³-hybridized carbons (Fsp3) is 0.286. The highest BCUT2D eigenvalue weighted by Crippen LogP contribution is 2.36. The number of anilines is 1. The van der Waals surface area contributed by atoms with Gasteiger partial charge >= 0.3 is 6.03 Å². The Hall–Kier alpha value is -3.55. The summed E-state index contributed by atoms with van der Waals surface area (Å²) in [6, 6.07) is 6.29. The van der Waals surface area contributed by atoms with E-state index in [2.05, 4.69) is 9.88 Å². The van der Waals surface area contributed by atoms with Crippen LogP contribution in [0.5, 0.6) is 11.5 Å². The summed E-state index contributed by atoms with van der Waals surface area (Å²) in [5, 5.41) is 2.24. The lowest BCUT2D eigenvalue weighted by Gasteiger charge is -2.26. The molecule has 1 aliphatic carbocycles. The summed E-state index contributed by atoms with van der Waals surface area (Å²) in [6.45, 7) is 0.0839. The molecule has 5 rings (SSSR count). The fourth-order valence-corrected chi connectivity index (χ4v) is 4.03. The van der Waals surface area contributed by atoms with Crippen molar-refractivity contribution in [3.05, 3.63) is 47.8 Å². The maximum absolute atomic E-state index is 13.0. The van der Waals surface area contributed by atoms with Gasteiger partial charge in [0.2, 0.25) is 6.79 Å². The first-order valence-corrected chi connectivity index (χ1v) is 9.59. The number of aromatic nitrogens is 1. The number of imide groups is 2. The number of urea groups is 1. The molecule has 1 aromatic carbocycles. The van der Waals surface area contributed by atoms with Gasteiger partial charge in [-0.1, -0.05) is 12.8 Å². The number of benzene rings is 1. The molecule has 1 saturated heterocycles. The highest BCUT2D eigenvalue weighted by atomic mass is 16.7. The summed E-state index contributed by atoms with van der Waals surface area (Å²) < 4.78 is 12.7. The number of amides is 4. The Morgan fingerprint density at radius 3 is 2.66 bits per heavy atom. The largest absolute Gasteiger partial charge is 0.454 e. The number of nitrogens with zero attached hydrogens (tertiary/aromatic N) is 2. The zero-order valence-electron chi connectivity index (χ0n) is 15.6. The van der Waals surface area contributed by atoms with Crippen molar-refractivity contribution in [2.45, 2.75) is 31.7 Å². The van der Waals surface area contributed by atoms with Crippen molar-refractivity contribution in [2.75, 3.05) is 11.7 Å². The van der Waals surface area contributed by atoms with E-state index in [0.717, 1.165) is 23.3 Å². The molecule has 0 radical (unpaired) electrons. The number of rotatable bonds is 3. The number of barbiturate groups is 1. The van der Waals surface area contributed by atoms with Crippen molar-refractivity contribution in [2.24, 2.45) is 0 Å². The monoisotopic (exact) mass is 393 g/mol. The van der Waals surface area contributed by atoms with E-state index >= 15 is 0 Å². The molecule has 148 valence electrons. The van der Waals surface area contributed by atoms with Crippen molar-refractivity contribution in [1.29, 1.82) is 0 Å². The van der Waals surface area contributed by atoms with E-state index in [9.17, 15) is 14.4 Å². The van der Waals surface area contributed by atoms with Crippen LogP contribution in [0.4, 0.5) is 10.5 Å². The molecule has 8 heteroatoms.